The van der Waals surface area contributed by atoms with E-state index in [1.54, 1.807) is 32.1 Å². The SMILES string of the molecule is COC(=O)C=Cc1ccc(C(C)(C)O)nc1OCC1CC1. The summed E-state index contributed by atoms with van der Waals surface area (Å²) in [6.45, 7) is 3.95. The first-order valence-electron chi connectivity index (χ1n) is 7.03. The minimum atomic E-state index is -1.04. The Bertz CT molecular complexity index is 542. The third-order valence-corrected chi connectivity index (χ3v) is 3.27. The third-order valence-electron chi connectivity index (χ3n) is 3.27. The van der Waals surface area contributed by atoms with Crippen molar-refractivity contribution in [3.05, 3.63) is 29.5 Å². The molecular formula is C16H21NO4. The molecule has 1 aliphatic rings. The normalized spacial score (nSPS) is 15.2. The second kappa shape index (κ2) is 6.26. The molecule has 21 heavy (non-hydrogen) atoms. The molecule has 1 N–H and O–H groups in total. The van der Waals surface area contributed by atoms with Crippen molar-refractivity contribution >= 4 is 12.0 Å². The molecule has 0 amide bonds. The quantitative estimate of drug-likeness (QED) is 0.643. The maximum absolute atomic E-state index is 11.2. The van der Waals surface area contributed by atoms with E-state index < -0.39 is 11.6 Å². The van der Waals surface area contributed by atoms with Crippen LogP contribution in [0.3, 0.4) is 0 Å². The van der Waals surface area contributed by atoms with Gasteiger partial charge in [0.15, 0.2) is 0 Å². The largest absolute Gasteiger partial charge is 0.477 e. The highest BCUT2D eigenvalue weighted by Crippen LogP contribution is 2.31. The van der Waals surface area contributed by atoms with Crippen LogP contribution in [0.4, 0.5) is 0 Å². The summed E-state index contributed by atoms with van der Waals surface area (Å²) in [5.41, 5.74) is 0.181. The molecule has 1 aromatic rings. The number of carbonyl (C=O) groups excluding carboxylic acids is 1. The zero-order valence-corrected chi connectivity index (χ0v) is 12.6. The molecule has 1 fully saturated rings. The van der Waals surface area contributed by atoms with Crippen LogP contribution in [0.15, 0.2) is 18.2 Å². The Morgan fingerprint density at radius 1 is 1.48 bits per heavy atom. The van der Waals surface area contributed by atoms with Crippen molar-refractivity contribution in [2.45, 2.75) is 32.3 Å². The minimum absolute atomic E-state index is 0.432. The molecule has 0 aromatic carbocycles. The summed E-state index contributed by atoms with van der Waals surface area (Å²) < 4.78 is 10.3. The predicted octanol–water partition coefficient (Wildman–Crippen LogP) is 2.28. The van der Waals surface area contributed by atoms with Crippen LogP contribution in [-0.4, -0.2) is 29.8 Å². The minimum Gasteiger partial charge on any atom is -0.477 e. The van der Waals surface area contributed by atoms with E-state index >= 15 is 0 Å². The van der Waals surface area contributed by atoms with Crippen molar-refractivity contribution in [3.63, 3.8) is 0 Å². The zero-order valence-electron chi connectivity index (χ0n) is 12.6. The second-order valence-corrected chi connectivity index (χ2v) is 5.76. The molecule has 5 heteroatoms. The van der Waals surface area contributed by atoms with Crippen LogP contribution >= 0.6 is 0 Å². The fourth-order valence-corrected chi connectivity index (χ4v) is 1.74. The molecule has 0 spiro atoms. The first kappa shape index (κ1) is 15.5. The van der Waals surface area contributed by atoms with Crippen molar-refractivity contribution in [2.24, 2.45) is 5.92 Å². The lowest BCUT2D eigenvalue weighted by Gasteiger charge is -2.18. The van der Waals surface area contributed by atoms with E-state index in [4.69, 9.17) is 4.74 Å². The fourth-order valence-electron chi connectivity index (χ4n) is 1.74. The molecule has 1 heterocycles. The first-order chi connectivity index (χ1) is 9.90. The van der Waals surface area contributed by atoms with Gasteiger partial charge in [0.25, 0.3) is 0 Å². The van der Waals surface area contributed by atoms with Crippen LogP contribution in [0.5, 0.6) is 5.88 Å². The van der Waals surface area contributed by atoms with Gasteiger partial charge in [0.1, 0.15) is 5.60 Å². The van der Waals surface area contributed by atoms with Gasteiger partial charge in [-0.3, -0.25) is 0 Å². The highest BCUT2D eigenvalue weighted by atomic mass is 16.5. The van der Waals surface area contributed by atoms with Gasteiger partial charge >= 0.3 is 5.97 Å². The van der Waals surface area contributed by atoms with Crippen molar-refractivity contribution in [1.82, 2.24) is 4.98 Å². The van der Waals surface area contributed by atoms with Gasteiger partial charge in [0.05, 0.1) is 19.4 Å². The van der Waals surface area contributed by atoms with E-state index in [9.17, 15) is 9.90 Å². The Kier molecular flexibility index (Phi) is 4.63. The number of pyridine rings is 1. The van der Waals surface area contributed by atoms with Gasteiger partial charge in [-0.2, -0.15) is 0 Å². The zero-order chi connectivity index (χ0) is 15.5. The van der Waals surface area contributed by atoms with Crippen LogP contribution in [0.25, 0.3) is 6.08 Å². The standard InChI is InChI=1S/C16H21NO4/c1-16(2,19)13-8-6-12(7-9-14(18)20-3)15(17-13)21-10-11-4-5-11/h6-9,11,19H,4-5,10H2,1-3H3. The molecule has 2 rings (SSSR count). The molecule has 0 atom stereocenters. The van der Waals surface area contributed by atoms with Gasteiger partial charge in [0, 0.05) is 11.6 Å². The van der Waals surface area contributed by atoms with Gasteiger partial charge in [-0.05, 0) is 50.8 Å². The van der Waals surface area contributed by atoms with Gasteiger partial charge < -0.3 is 14.6 Å². The second-order valence-electron chi connectivity index (χ2n) is 5.76. The molecule has 1 aromatic heterocycles. The number of hydrogen-bond donors (Lipinski definition) is 1. The van der Waals surface area contributed by atoms with E-state index in [1.165, 1.54) is 26.0 Å². The van der Waals surface area contributed by atoms with Gasteiger partial charge in [-0.1, -0.05) is 0 Å². The lowest BCUT2D eigenvalue weighted by atomic mass is 10.0. The van der Waals surface area contributed by atoms with Gasteiger partial charge in [-0.25, -0.2) is 9.78 Å². The van der Waals surface area contributed by atoms with E-state index in [2.05, 4.69) is 9.72 Å². The highest BCUT2D eigenvalue weighted by Gasteiger charge is 2.24. The Morgan fingerprint density at radius 2 is 2.19 bits per heavy atom. The smallest absolute Gasteiger partial charge is 0.330 e. The van der Waals surface area contributed by atoms with Crippen LogP contribution in [0, 0.1) is 5.92 Å². The van der Waals surface area contributed by atoms with Crippen molar-refractivity contribution in [1.29, 1.82) is 0 Å². The molecule has 5 nitrogen and oxygen atoms in total. The summed E-state index contributed by atoms with van der Waals surface area (Å²) in [4.78, 5) is 15.6. The molecular weight excluding hydrogens is 270 g/mol. The number of rotatable bonds is 6. The molecule has 114 valence electrons. The molecule has 0 saturated heterocycles. The number of aromatic nitrogens is 1. The topological polar surface area (TPSA) is 68.7 Å². The van der Waals surface area contributed by atoms with Gasteiger partial charge in [0.2, 0.25) is 5.88 Å². The van der Waals surface area contributed by atoms with E-state index in [0.717, 1.165) is 0 Å². The Balaban J connectivity index is 2.24. The number of ether oxygens (including phenoxy) is 2. The number of carbonyl (C=O) groups is 1. The fraction of sp³-hybridized carbons (Fsp3) is 0.500. The average molecular weight is 291 g/mol. The molecule has 1 saturated carbocycles. The van der Waals surface area contributed by atoms with E-state index in [1.807, 2.05) is 0 Å². The Morgan fingerprint density at radius 3 is 2.76 bits per heavy atom. The number of nitrogens with zero attached hydrogens (tertiary/aromatic N) is 1. The molecule has 0 unspecified atom stereocenters. The molecule has 1 aliphatic carbocycles. The van der Waals surface area contributed by atoms with Crippen LogP contribution in [0.2, 0.25) is 0 Å². The maximum Gasteiger partial charge on any atom is 0.330 e. The number of esters is 1. The van der Waals surface area contributed by atoms with E-state index in [-0.39, 0.29) is 0 Å². The van der Waals surface area contributed by atoms with Crippen LogP contribution in [-0.2, 0) is 15.1 Å². The summed E-state index contributed by atoms with van der Waals surface area (Å²) >= 11 is 0. The number of methoxy groups -OCH3 is 1. The maximum atomic E-state index is 11.2. The number of aliphatic hydroxyl groups is 1. The summed E-state index contributed by atoms with van der Waals surface area (Å²) in [7, 11) is 1.33. The van der Waals surface area contributed by atoms with Crippen molar-refractivity contribution < 1.29 is 19.4 Å². The van der Waals surface area contributed by atoms with Crippen molar-refractivity contribution in [2.75, 3.05) is 13.7 Å². The summed E-state index contributed by atoms with van der Waals surface area (Å²) in [5.74, 6) is 0.589. The summed E-state index contributed by atoms with van der Waals surface area (Å²) in [6, 6.07) is 3.50. The van der Waals surface area contributed by atoms with Crippen LogP contribution < -0.4 is 4.74 Å². The summed E-state index contributed by atoms with van der Waals surface area (Å²) in [5, 5.41) is 10.0. The van der Waals surface area contributed by atoms with Gasteiger partial charge in [-0.15, -0.1) is 0 Å². The molecule has 0 bridgehead atoms. The first-order valence-corrected chi connectivity index (χ1v) is 7.03. The lowest BCUT2D eigenvalue weighted by molar-refractivity contribution is -0.134. The van der Waals surface area contributed by atoms with Crippen molar-refractivity contribution in [3.8, 4) is 5.88 Å². The Hall–Kier alpha value is -1.88. The lowest BCUT2D eigenvalue weighted by Crippen LogP contribution is -2.18. The van der Waals surface area contributed by atoms with E-state index in [0.29, 0.717) is 29.7 Å². The van der Waals surface area contributed by atoms with Crippen LogP contribution in [0.1, 0.15) is 37.9 Å². The molecule has 0 radical (unpaired) electrons. The predicted molar refractivity (Wildman–Crippen MR) is 78.8 cm³/mol. The molecule has 0 aliphatic heterocycles. The monoisotopic (exact) mass is 291 g/mol. The average Bonchev–Trinajstić information content (AvgIpc) is 3.25. The third kappa shape index (κ3) is 4.56. The summed E-state index contributed by atoms with van der Waals surface area (Å²) in [6.07, 6.45) is 5.29. The number of hydrogen-bond acceptors (Lipinski definition) is 5. The Labute approximate surface area is 124 Å². The highest BCUT2D eigenvalue weighted by molar-refractivity contribution is 5.87.